The maximum absolute atomic E-state index is 13.0. The number of methoxy groups -OCH3 is 1. The summed E-state index contributed by atoms with van der Waals surface area (Å²) in [5.74, 6) is 1.23. The lowest BCUT2D eigenvalue weighted by Gasteiger charge is -2.20. The highest BCUT2D eigenvalue weighted by Gasteiger charge is 2.32. The zero-order chi connectivity index (χ0) is 24.4. The number of nitrogens with zero attached hydrogens (tertiary/aromatic N) is 7. The Bertz CT molecular complexity index is 1450. The molecule has 12 nitrogen and oxygen atoms in total. The van der Waals surface area contributed by atoms with E-state index in [0.717, 1.165) is 5.56 Å². The summed E-state index contributed by atoms with van der Waals surface area (Å²) in [6.45, 7) is 0.150. The summed E-state index contributed by atoms with van der Waals surface area (Å²) in [5, 5.41) is 8.82. The van der Waals surface area contributed by atoms with Crippen LogP contribution in [0.2, 0.25) is 5.02 Å². The molecule has 0 saturated carbocycles. The summed E-state index contributed by atoms with van der Waals surface area (Å²) in [7, 11) is -2.34. The number of anilines is 1. The van der Waals surface area contributed by atoms with Crippen molar-refractivity contribution in [3.63, 3.8) is 0 Å². The minimum absolute atomic E-state index is 0.0473. The van der Waals surface area contributed by atoms with Crippen LogP contribution in [0.4, 0.5) is 5.95 Å². The quantitative estimate of drug-likeness (QED) is 0.389. The van der Waals surface area contributed by atoms with Crippen LogP contribution in [0.3, 0.4) is 0 Å². The smallest absolute Gasteiger partial charge is 0.257 e. The van der Waals surface area contributed by atoms with E-state index in [1.807, 2.05) is 12.1 Å². The SMILES string of the molecule is COc1nccc2c1OC[C@H](c1ccncc1)n1c(NS(=O)(=O)CCc3ncc(Cl)cn3)nnc1-2. The highest BCUT2D eigenvalue weighted by molar-refractivity contribution is 7.92. The lowest BCUT2D eigenvalue weighted by atomic mass is 10.1. The van der Waals surface area contributed by atoms with E-state index in [-0.39, 0.29) is 30.6 Å². The van der Waals surface area contributed by atoms with Gasteiger partial charge in [0.25, 0.3) is 5.88 Å². The van der Waals surface area contributed by atoms with Gasteiger partial charge >= 0.3 is 0 Å². The zero-order valence-corrected chi connectivity index (χ0v) is 19.9. The Kier molecular flexibility index (Phi) is 6.17. The molecule has 0 aromatic carbocycles. The molecule has 0 saturated heterocycles. The number of ether oxygens (including phenoxy) is 2. The summed E-state index contributed by atoms with van der Waals surface area (Å²) in [5.41, 5.74) is 1.40. The van der Waals surface area contributed by atoms with Crippen molar-refractivity contribution < 1.29 is 17.9 Å². The Morgan fingerprint density at radius 1 is 1.14 bits per heavy atom. The largest absolute Gasteiger partial charge is 0.485 e. The molecule has 4 aromatic rings. The molecule has 1 aliphatic heterocycles. The van der Waals surface area contributed by atoms with E-state index in [9.17, 15) is 8.42 Å². The number of rotatable bonds is 7. The normalized spacial score (nSPS) is 14.9. The van der Waals surface area contributed by atoms with Gasteiger partial charge in [-0.25, -0.2) is 23.4 Å². The first-order chi connectivity index (χ1) is 16.9. The predicted molar refractivity (Wildman–Crippen MR) is 126 cm³/mol. The van der Waals surface area contributed by atoms with Gasteiger partial charge in [-0.2, -0.15) is 0 Å². The Labute approximate surface area is 205 Å². The number of aryl methyl sites for hydroxylation is 1. The van der Waals surface area contributed by atoms with Crippen LogP contribution < -0.4 is 14.2 Å². The summed E-state index contributed by atoms with van der Waals surface area (Å²) < 4.78 is 41.6. The monoisotopic (exact) mass is 514 g/mol. The molecule has 14 heteroatoms. The average molecular weight is 515 g/mol. The molecule has 5 rings (SSSR count). The zero-order valence-electron chi connectivity index (χ0n) is 18.4. The van der Waals surface area contributed by atoms with Crippen LogP contribution in [-0.4, -0.2) is 62.6 Å². The van der Waals surface area contributed by atoms with E-state index in [1.54, 1.807) is 29.2 Å². The van der Waals surface area contributed by atoms with Crippen LogP contribution >= 0.6 is 11.6 Å². The van der Waals surface area contributed by atoms with E-state index in [4.69, 9.17) is 21.1 Å². The van der Waals surface area contributed by atoms with E-state index in [1.165, 1.54) is 19.5 Å². The van der Waals surface area contributed by atoms with Crippen LogP contribution in [0.1, 0.15) is 17.4 Å². The Balaban J connectivity index is 1.52. The van der Waals surface area contributed by atoms with Crippen LogP contribution in [-0.2, 0) is 16.4 Å². The van der Waals surface area contributed by atoms with Crippen LogP contribution in [0, 0.1) is 0 Å². The van der Waals surface area contributed by atoms with E-state index in [0.29, 0.717) is 28.0 Å². The number of halogens is 1. The highest BCUT2D eigenvalue weighted by atomic mass is 35.5. The fourth-order valence-corrected chi connectivity index (χ4v) is 4.75. The molecule has 1 N–H and O–H groups in total. The summed E-state index contributed by atoms with van der Waals surface area (Å²) in [4.78, 5) is 16.4. The number of nitrogens with one attached hydrogen (secondary N) is 1. The summed E-state index contributed by atoms with van der Waals surface area (Å²) in [6, 6.07) is 4.89. The third-order valence-electron chi connectivity index (χ3n) is 5.31. The van der Waals surface area contributed by atoms with Gasteiger partial charge in [-0.3, -0.25) is 14.3 Å². The van der Waals surface area contributed by atoms with Crippen molar-refractivity contribution in [1.29, 1.82) is 0 Å². The van der Waals surface area contributed by atoms with Gasteiger partial charge in [-0.15, -0.1) is 10.2 Å². The van der Waals surface area contributed by atoms with Crippen molar-refractivity contribution in [2.24, 2.45) is 0 Å². The third-order valence-corrected chi connectivity index (χ3v) is 6.74. The molecule has 35 heavy (non-hydrogen) atoms. The molecular weight excluding hydrogens is 496 g/mol. The van der Waals surface area contributed by atoms with Crippen LogP contribution in [0.25, 0.3) is 11.4 Å². The molecular formula is C21H19ClN8O4S. The Morgan fingerprint density at radius 2 is 1.91 bits per heavy atom. The molecule has 0 aliphatic carbocycles. The molecule has 180 valence electrons. The van der Waals surface area contributed by atoms with Crippen LogP contribution in [0.15, 0.2) is 49.2 Å². The number of aromatic nitrogens is 7. The molecule has 0 radical (unpaired) electrons. The van der Waals surface area contributed by atoms with Crippen molar-refractivity contribution in [3.05, 3.63) is 65.6 Å². The van der Waals surface area contributed by atoms with Gasteiger partial charge in [0.05, 0.1) is 29.5 Å². The predicted octanol–water partition coefficient (Wildman–Crippen LogP) is 2.15. The Morgan fingerprint density at radius 3 is 2.66 bits per heavy atom. The van der Waals surface area contributed by atoms with Crippen molar-refractivity contribution in [3.8, 4) is 23.0 Å². The minimum atomic E-state index is -3.83. The fourth-order valence-electron chi connectivity index (χ4n) is 3.68. The standard InChI is InChI=1S/C21H19ClN8O4S/c1-33-20-18-15(4-8-24-20)19-27-28-21(30(19)16(12-34-18)13-2-6-23-7-3-13)29-35(31,32)9-5-17-25-10-14(22)11-26-17/h2-4,6-8,10-11,16H,5,9,12H2,1H3,(H,28,29)/t16-/m1/s1. The van der Waals surface area contributed by atoms with Gasteiger partial charge in [0.15, 0.2) is 11.6 Å². The first-order valence-corrected chi connectivity index (χ1v) is 12.5. The second-order valence-corrected chi connectivity index (χ2v) is 9.79. The molecule has 1 aliphatic rings. The van der Waals surface area contributed by atoms with Gasteiger partial charge in [-0.05, 0) is 23.8 Å². The lowest BCUT2D eigenvalue weighted by molar-refractivity contribution is 0.263. The number of hydrogen-bond donors (Lipinski definition) is 1. The molecule has 0 amide bonds. The van der Waals surface area contributed by atoms with Gasteiger partial charge in [0.2, 0.25) is 16.0 Å². The molecule has 0 bridgehead atoms. The molecule has 5 heterocycles. The van der Waals surface area contributed by atoms with Crippen molar-refractivity contribution >= 4 is 27.6 Å². The molecule has 0 fully saturated rings. The number of sulfonamides is 1. The number of hydrogen-bond acceptors (Lipinski definition) is 10. The second-order valence-electron chi connectivity index (χ2n) is 7.51. The van der Waals surface area contributed by atoms with Gasteiger partial charge in [-0.1, -0.05) is 11.6 Å². The first-order valence-electron chi connectivity index (χ1n) is 10.4. The van der Waals surface area contributed by atoms with E-state index >= 15 is 0 Å². The Hall–Kier alpha value is -3.84. The van der Waals surface area contributed by atoms with Crippen molar-refractivity contribution in [1.82, 2.24) is 34.7 Å². The number of pyridine rings is 2. The minimum Gasteiger partial charge on any atom is -0.485 e. The topological polar surface area (TPSA) is 147 Å². The lowest BCUT2D eigenvalue weighted by Crippen LogP contribution is -2.24. The average Bonchev–Trinajstić information content (AvgIpc) is 3.18. The maximum Gasteiger partial charge on any atom is 0.257 e. The van der Waals surface area contributed by atoms with Crippen molar-refractivity contribution in [2.45, 2.75) is 12.5 Å². The summed E-state index contributed by atoms with van der Waals surface area (Å²) in [6.07, 6.45) is 7.79. The third kappa shape index (κ3) is 4.72. The van der Waals surface area contributed by atoms with Gasteiger partial charge < -0.3 is 9.47 Å². The molecule has 1 atom stereocenters. The van der Waals surface area contributed by atoms with E-state index in [2.05, 4.69) is 34.9 Å². The van der Waals surface area contributed by atoms with E-state index < -0.39 is 16.1 Å². The molecule has 4 aromatic heterocycles. The van der Waals surface area contributed by atoms with Gasteiger partial charge in [0.1, 0.15) is 12.4 Å². The second kappa shape index (κ2) is 9.43. The van der Waals surface area contributed by atoms with Crippen molar-refractivity contribution in [2.75, 3.05) is 24.2 Å². The molecule has 0 spiro atoms. The molecule has 0 unspecified atom stereocenters. The van der Waals surface area contributed by atoms with Gasteiger partial charge in [0, 0.05) is 37.4 Å². The summed E-state index contributed by atoms with van der Waals surface area (Å²) >= 11 is 5.80. The first kappa shape index (κ1) is 22.9. The maximum atomic E-state index is 13.0. The van der Waals surface area contributed by atoms with Crippen LogP contribution in [0.5, 0.6) is 11.6 Å². The number of fused-ring (bicyclic) bond motifs is 3. The fraction of sp³-hybridized carbons (Fsp3) is 0.238. The highest BCUT2D eigenvalue weighted by Crippen LogP contribution is 2.41.